The molecule has 4 fully saturated rings. The van der Waals surface area contributed by atoms with Crippen molar-refractivity contribution in [2.45, 2.75) is 58.7 Å². The van der Waals surface area contributed by atoms with Crippen molar-refractivity contribution in [2.75, 3.05) is 19.8 Å². The summed E-state index contributed by atoms with van der Waals surface area (Å²) in [4.78, 5) is 35.7. The lowest BCUT2D eigenvalue weighted by molar-refractivity contribution is -0.169. The van der Waals surface area contributed by atoms with Crippen LogP contribution in [0, 0.1) is 29.6 Å². The molecule has 7 heteroatoms. The van der Waals surface area contributed by atoms with Gasteiger partial charge in [-0.3, -0.25) is 9.59 Å². The fraction of sp³-hybridized carbons (Fsp3) is 0.850. The Labute approximate surface area is 160 Å². The predicted molar refractivity (Wildman–Crippen MR) is 94.5 cm³/mol. The van der Waals surface area contributed by atoms with Gasteiger partial charge in [0.25, 0.3) is 0 Å². The minimum atomic E-state index is -0.498. The molecule has 2 aliphatic carbocycles. The van der Waals surface area contributed by atoms with Crippen molar-refractivity contribution >= 4 is 17.9 Å². The van der Waals surface area contributed by atoms with Crippen LogP contribution in [0.4, 0.5) is 0 Å². The lowest BCUT2D eigenvalue weighted by Crippen LogP contribution is -2.45. The number of fused-ring (bicyclic) bond motifs is 1. The summed E-state index contributed by atoms with van der Waals surface area (Å²) in [5, 5.41) is 0. The van der Waals surface area contributed by atoms with Gasteiger partial charge in [0.05, 0.1) is 17.9 Å². The van der Waals surface area contributed by atoms with Crippen molar-refractivity contribution < 1.29 is 33.3 Å². The van der Waals surface area contributed by atoms with E-state index < -0.39 is 5.97 Å². The molecule has 2 saturated heterocycles. The molecule has 0 aromatic rings. The lowest BCUT2D eigenvalue weighted by Gasteiger charge is -2.41. The summed E-state index contributed by atoms with van der Waals surface area (Å²) in [6.45, 7) is 5.58. The summed E-state index contributed by atoms with van der Waals surface area (Å²) in [6, 6.07) is 0. The van der Waals surface area contributed by atoms with Crippen molar-refractivity contribution in [1.82, 2.24) is 0 Å². The molecule has 152 valence electrons. The second kappa shape index (κ2) is 8.59. The van der Waals surface area contributed by atoms with Crippen LogP contribution in [-0.2, 0) is 33.3 Å². The second-order valence-corrected chi connectivity index (χ2v) is 8.44. The van der Waals surface area contributed by atoms with Crippen LogP contribution in [0.3, 0.4) is 0 Å². The summed E-state index contributed by atoms with van der Waals surface area (Å²) < 4.78 is 21.6. The number of hydrogen-bond acceptors (Lipinski definition) is 7. The van der Waals surface area contributed by atoms with E-state index in [-0.39, 0.29) is 67.6 Å². The molecule has 4 rings (SSSR count). The number of carbonyl (C=O) groups is 3. The number of rotatable bonds is 8. The van der Waals surface area contributed by atoms with Gasteiger partial charge in [-0.15, -0.1) is 0 Å². The highest BCUT2D eigenvalue weighted by molar-refractivity contribution is 5.74. The molecular weight excluding hydrogens is 352 g/mol. The van der Waals surface area contributed by atoms with Gasteiger partial charge in [0.15, 0.2) is 0 Å². The largest absolute Gasteiger partial charge is 0.462 e. The van der Waals surface area contributed by atoms with E-state index in [1.807, 2.05) is 20.8 Å². The smallest absolute Gasteiger partial charge is 0.332 e. The van der Waals surface area contributed by atoms with Crippen molar-refractivity contribution in [3.05, 3.63) is 0 Å². The van der Waals surface area contributed by atoms with Crippen LogP contribution in [0.25, 0.3) is 0 Å². The van der Waals surface area contributed by atoms with Gasteiger partial charge in [0.1, 0.15) is 25.9 Å². The average Bonchev–Trinajstić information content (AvgIpc) is 2.78. The molecule has 2 aliphatic heterocycles. The molecule has 4 aliphatic rings. The molecule has 0 radical (unpaired) electrons. The van der Waals surface area contributed by atoms with Gasteiger partial charge in [0, 0.05) is 0 Å². The monoisotopic (exact) mass is 382 g/mol. The first-order chi connectivity index (χ1) is 12.8. The third-order valence-electron chi connectivity index (χ3n) is 6.19. The first-order valence-electron chi connectivity index (χ1n) is 9.99. The van der Waals surface area contributed by atoms with E-state index in [2.05, 4.69) is 0 Å². The Bertz CT molecular complexity index is 573. The molecular formula is C20H30O7. The molecule has 27 heavy (non-hydrogen) atoms. The summed E-state index contributed by atoms with van der Waals surface area (Å²) in [6.07, 6.45) is 3.09. The van der Waals surface area contributed by atoms with Crippen LogP contribution < -0.4 is 0 Å². The van der Waals surface area contributed by atoms with Gasteiger partial charge in [-0.1, -0.05) is 20.8 Å². The molecule has 6 unspecified atom stereocenters. The normalized spacial score (nSPS) is 32.7. The Kier molecular flexibility index (Phi) is 6.40. The maximum Gasteiger partial charge on any atom is 0.332 e. The number of ether oxygens (including phenoxy) is 4. The van der Waals surface area contributed by atoms with Crippen LogP contribution in [0.2, 0.25) is 0 Å². The molecule has 0 aromatic carbocycles. The zero-order valence-corrected chi connectivity index (χ0v) is 16.3. The Hall–Kier alpha value is -1.63. The Balaban J connectivity index is 1.37. The van der Waals surface area contributed by atoms with Gasteiger partial charge in [0.2, 0.25) is 0 Å². The third-order valence-corrected chi connectivity index (χ3v) is 6.19. The van der Waals surface area contributed by atoms with E-state index in [0.717, 1.165) is 25.7 Å². The van der Waals surface area contributed by atoms with E-state index in [4.69, 9.17) is 18.9 Å². The van der Waals surface area contributed by atoms with Crippen LogP contribution in [0.15, 0.2) is 0 Å². The molecule has 0 spiro atoms. The minimum absolute atomic E-state index is 0.00933. The number of carbonyl (C=O) groups excluding carboxylic acids is 3. The number of hydrogen-bond donors (Lipinski definition) is 0. The summed E-state index contributed by atoms with van der Waals surface area (Å²) in [5.74, 6) is -0.100. The first kappa shape index (κ1) is 20.1. The Morgan fingerprint density at radius 1 is 1.07 bits per heavy atom. The third kappa shape index (κ3) is 4.81. The van der Waals surface area contributed by atoms with Gasteiger partial charge in [-0.05, 0) is 43.4 Å². The number of esters is 3. The van der Waals surface area contributed by atoms with Gasteiger partial charge >= 0.3 is 17.9 Å². The molecule has 2 saturated carbocycles. The zero-order chi connectivity index (χ0) is 19.6. The van der Waals surface area contributed by atoms with Crippen LogP contribution in [0.5, 0.6) is 0 Å². The Morgan fingerprint density at radius 3 is 2.56 bits per heavy atom. The molecule has 6 atom stereocenters. The molecule has 4 bridgehead atoms. The second-order valence-electron chi connectivity index (χ2n) is 8.44. The van der Waals surface area contributed by atoms with Crippen LogP contribution in [0.1, 0.15) is 46.5 Å². The highest BCUT2D eigenvalue weighted by atomic mass is 16.6. The van der Waals surface area contributed by atoms with Crippen molar-refractivity contribution in [3.63, 3.8) is 0 Å². The average molecular weight is 382 g/mol. The van der Waals surface area contributed by atoms with E-state index in [1.54, 1.807) is 0 Å². The molecule has 7 nitrogen and oxygen atoms in total. The van der Waals surface area contributed by atoms with Crippen LogP contribution in [-0.4, -0.2) is 49.9 Å². The molecule has 2 heterocycles. The predicted octanol–water partition coefficient (Wildman–Crippen LogP) is 2.11. The van der Waals surface area contributed by atoms with Gasteiger partial charge < -0.3 is 18.9 Å². The summed E-state index contributed by atoms with van der Waals surface area (Å²) in [7, 11) is 0. The topological polar surface area (TPSA) is 88.1 Å². The van der Waals surface area contributed by atoms with E-state index in [0.29, 0.717) is 5.92 Å². The highest BCUT2D eigenvalue weighted by Crippen LogP contribution is 2.48. The van der Waals surface area contributed by atoms with Gasteiger partial charge in [-0.2, -0.15) is 0 Å². The lowest BCUT2D eigenvalue weighted by atomic mass is 9.67. The fourth-order valence-electron chi connectivity index (χ4n) is 4.42. The van der Waals surface area contributed by atoms with E-state index in [9.17, 15) is 14.4 Å². The highest BCUT2D eigenvalue weighted by Gasteiger charge is 2.50. The summed E-state index contributed by atoms with van der Waals surface area (Å²) in [5.41, 5.74) is 0. The van der Waals surface area contributed by atoms with Crippen LogP contribution >= 0.6 is 0 Å². The van der Waals surface area contributed by atoms with E-state index in [1.165, 1.54) is 0 Å². The zero-order valence-electron chi connectivity index (χ0n) is 16.3. The maximum absolute atomic E-state index is 12.1. The SMILES string of the molecule is CC(C)C(C)C(=O)OCCOC(=O)COC1C2CC3CC(C2)C(=O)OC1C3. The van der Waals surface area contributed by atoms with E-state index >= 15 is 0 Å². The van der Waals surface area contributed by atoms with Gasteiger partial charge in [-0.25, -0.2) is 4.79 Å². The van der Waals surface area contributed by atoms with Crippen molar-refractivity contribution in [3.8, 4) is 0 Å². The molecule has 0 N–H and O–H groups in total. The van der Waals surface area contributed by atoms with Crippen molar-refractivity contribution in [2.24, 2.45) is 29.6 Å². The fourth-order valence-corrected chi connectivity index (χ4v) is 4.42. The minimum Gasteiger partial charge on any atom is -0.462 e. The first-order valence-corrected chi connectivity index (χ1v) is 9.99. The molecule has 0 aromatic heterocycles. The molecule has 0 amide bonds. The van der Waals surface area contributed by atoms with Crippen molar-refractivity contribution in [1.29, 1.82) is 0 Å². The quantitative estimate of drug-likeness (QED) is 0.361. The Morgan fingerprint density at radius 2 is 1.81 bits per heavy atom. The maximum atomic E-state index is 12.1. The standard InChI is InChI=1S/C20H30O7/c1-11(2)12(3)19(22)25-5-4-24-17(21)10-26-18-14-6-13-7-15(9-14)20(23)27-16(18)8-13/h11-16,18H,4-10H2,1-3H3. The summed E-state index contributed by atoms with van der Waals surface area (Å²) >= 11 is 0.